The number of anilines is 1. The number of furan rings is 1. The lowest BCUT2D eigenvalue weighted by atomic mass is 10.1. The second-order valence-electron chi connectivity index (χ2n) is 6.38. The zero-order valence-electron chi connectivity index (χ0n) is 15.3. The first kappa shape index (κ1) is 18.5. The van der Waals surface area contributed by atoms with Crippen LogP contribution in [0.1, 0.15) is 10.4 Å². The van der Waals surface area contributed by atoms with Gasteiger partial charge in [0.15, 0.2) is 11.6 Å². The highest BCUT2D eigenvalue weighted by molar-refractivity contribution is 9.10. The normalized spacial score (nSPS) is 14.2. The van der Waals surface area contributed by atoms with Gasteiger partial charge in [0.2, 0.25) is 0 Å². The highest BCUT2D eigenvalue weighted by atomic mass is 79.9. The van der Waals surface area contributed by atoms with Gasteiger partial charge >= 0.3 is 0 Å². The molecule has 0 spiro atoms. The van der Waals surface area contributed by atoms with Crippen LogP contribution in [0.15, 0.2) is 57.6 Å². The van der Waals surface area contributed by atoms with E-state index in [4.69, 9.17) is 9.15 Å². The predicted molar refractivity (Wildman–Crippen MR) is 109 cm³/mol. The summed E-state index contributed by atoms with van der Waals surface area (Å²) in [6.07, 6.45) is 1.61. The Morgan fingerprint density at radius 2 is 1.93 bits per heavy atom. The van der Waals surface area contributed by atoms with Crippen LogP contribution >= 0.6 is 15.9 Å². The molecule has 3 heterocycles. The van der Waals surface area contributed by atoms with Crippen molar-refractivity contribution in [2.45, 2.75) is 0 Å². The molecule has 144 valence electrons. The van der Waals surface area contributed by atoms with Gasteiger partial charge in [-0.05, 0) is 58.4 Å². The molecule has 0 saturated carbocycles. The van der Waals surface area contributed by atoms with Crippen molar-refractivity contribution in [1.29, 1.82) is 0 Å². The first-order valence-electron chi connectivity index (χ1n) is 8.91. The third-order valence-corrected chi connectivity index (χ3v) is 5.41. The van der Waals surface area contributed by atoms with Crippen molar-refractivity contribution in [2.75, 3.05) is 38.2 Å². The molecule has 0 N–H and O–H groups in total. The molecule has 28 heavy (non-hydrogen) atoms. The van der Waals surface area contributed by atoms with Crippen molar-refractivity contribution in [1.82, 2.24) is 15.1 Å². The number of halogens is 1. The molecular weight excluding hydrogens is 424 g/mol. The Hall–Kier alpha value is -2.87. The Balaban J connectivity index is 1.41. The van der Waals surface area contributed by atoms with Gasteiger partial charge in [-0.25, -0.2) is 0 Å². The molecule has 0 aliphatic carbocycles. The molecule has 3 aromatic rings. The highest BCUT2D eigenvalue weighted by Gasteiger charge is 2.24. The van der Waals surface area contributed by atoms with Crippen molar-refractivity contribution in [3.05, 3.63) is 58.8 Å². The van der Waals surface area contributed by atoms with Crippen LogP contribution in [-0.4, -0.2) is 54.3 Å². The van der Waals surface area contributed by atoms with Crippen LogP contribution < -0.4 is 9.64 Å². The smallest absolute Gasteiger partial charge is 0.255 e. The Labute approximate surface area is 171 Å². The summed E-state index contributed by atoms with van der Waals surface area (Å²) in [5.74, 6) is 2.14. The minimum atomic E-state index is -0.00956. The average Bonchev–Trinajstić information content (AvgIpc) is 3.29. The van der Waals surface area contributed by atoms with Gasteiger partial charge in [0, 0.05) is 30.7 Å². The van der Waals surface area contributed by atoms with Crippen LogP contribution in [0, 0.1) is 0 Å². The van der Waals surface area contributed by atoms with Crippen molar-refractivity contribution in [3.8, 4) is 17.2 Å². The molecule has 1 aromatic carbocycles. The van der Waals surface area contributed by atoms with E-state index < -0.39 is 0 Å². The summed E-state index contributed by atoms with van der Waals surface area (Å²) in [5.41, 5.74) is 1.31. The third kappa shape index (κ3) is 3.73. The number of piperazine rings is 1. The fraction of sp³-hybridized carbons (Fsp3) is 0.250. The summed E-state index contributed by atoms with van der Waals surface area (Å²) in [6.45, 7) is 2.62. The van der Waals surface area contributed by atoms with Gasteiger partial charge in [0.05, 0.1) is 18.9 Å². The summed E-state index contributed by atoms with van der Waals surface area (Å²) in [4.78, 5) is 16.9. The van der Waals surface area contributed by atoms with Gasteiger partial charge in [-0.2, -0.15) is 0 Å². The Bertz CT molecular complexity index is 952. The van der Waals surface area contributed by atoms with Crippen LogP contribution in [0.25, 0.3) is 11.5 Å². The van der Waals surface area contributed by atoms with Crippen LogP contribution in [0.5, 0.6) is 5.75 Å². The largest absolute Gasteiger partial charge is 0.497 e. The molecule has 4 rings (SSSR count). The van der Waals surface area contributed by atoms with Gasteiger partial charge < -0.3 is 19.0 Å². The highest BCUT2D eigenvalue weighted by Crippen LogP contribution is 2.25. The predicted octanol–water partition coefficient (Wildman–Crippen LogP) is 3.47. The number of aromatic nitrogens is 2. The molecule has 0 bridgehead atoms. The summed E-state index contributed by atoms with van der Waals surface area (Å²) in [5, 5.41) is 8.55. The molecule has 0 atom stereocenters. The quantitative estimate of drug-likeness (QED) is 0.615. The lowest BCUT2D eigenvalue weighted by molar-refractivity contribution is 0.0745. The number of amides is 1. The van der Waals surface area contributed by atoms with Gasteiger partial charge in [0.25, 0.3) is 5.91 Å². The maximum atomic E-state index is 12.9. The molecule has 1 fully saturated rings. The third-order valence-electron chi connectivity index (χ3n) is 4.72. The lowest BCUT2D eigenvalue weighted by Crippen LogP contribution is -2.49. The topological polar surface area (TPSA) is 71.7 Å². The molecule has 0 radical (unpaired) electrons. The monoisotopic (exact) mass is 442 g/mol. The molecular formula is C20H19BrN4O3. The SMILES string of the molecule is COc1ccc(Br)c(C(=O)N2CCN(c3ccc(-c4ccco4)nn3)CC2)c1. The molecule has 1 amide bonds. The molecule has 8 heteroatoms. The Morgan fingerprint density at radius 1 is 1.11 bits per heavy atom. The summed E-state index contributed by atoms with van der Waals surface area (Å²) < 4.78 is 11.3. The maximum Gasteiger partial charge on any atom is 0.255 e. The van der Waals surface area contributed by atoms with Crippen LogP contribution in [0.4, 0.5) is 5.82 Å². The molecule has 2 aromatic heterocycles. The van der Waals surface area contributed by atoms with Gasteiger partial charge in [-0.15, -0.1) is 10.2 Å². The van der Waals surface area contributed by atoms with Crippen molar-refractivity contribution >= 4 is 27.7 Å². The second kappa shape index (κ2) is 8.02. The van der Waals surface area contributed by atoms with Crippen molar-refractivity contribution in [3.63, 3.8) is 0 Å². The fourth-order valence-electron chi connectivity index (χ4n) is 3.15. The van der Waals surface area contributed by atoms with E-state index in [-0.39, 0.29) is 5.91 Å². The van der Waals surface area contributed by atoms with Crippen molar-refractivity contribution in [2.24, 2.45) is 0 Å². The molecule has 0 unspecified atom stereocenters. The standard InChI is InChI=1S/C20H19BrN4O3/c1-27-14-4-5-16(21)15(13-14)20(26)25-10-8-24(9-11-25)19-7-6-17(22-23-19)18-3-2-12-28-18/h2-7,12-13H,8-11H2,1H3. The molecule has 1 aliphatic rings. The van der Waals surface area contributed by atoms with Gasteiger partial charge in [-0.1, -0.05) is 0 Å². The van der Waals surface area contributed by atoms with Gasteiger partial charge in [-0.3, -0.25) is 4.79 Å². The molecule has 1 saturated heterocycles. The average molecular weight is 443 g/mol. The lowest BCUT2D eigenvalue weighted by Gasteiger charge is -2.35. The number of carbonyl (C=O) groups is 1. The number of benzene rings is 1. The number of methoxy groups -OCH3 is 1. The van der Waals surface area contributed by atoms with E-state index in [0.29, 0.717) is 48.9 Å². The Kier molecular flexibility index (Phi) is 5.29. The van der Waals surface area contributed by atoms with Crippen molar-refractivity contribution < 1.29 is 13.9 Å². The van der Waals surface area contributed by atoms with E-state index in [0.717, 1.165) is 10.3 Å². The number of rotatable bonds is 4. The summed E-state index contributed by atoms with van der Waals surface area (Å²) in [7, 11) is 1.59. The van der Waals surface area contributed by atoms with Crippen LogP contribution in [0.3, 0.4) is 0 Å². The number of carbonyl (C=O) groups excluding carboxylic acids is 1. The van der Waals surface area contributed by atoms with E-state index in [1.807, 2.05) is 41.3 Å². The van der Waals surface area contributed by atoms with E-state index in [9.17, 15) is 4.79 Å². The number of hydrogen-bond donors (Lipinski definition) is 0. The van der Waals surface area contributed by atoms with Crippen LogP contribution in [-0.2, 0) is 0 Å². The fourth-order valence-corrected chi connectivity index (χ4v) is 3.57. The zero-order valence-corrected chi connectivity index (χ0v) is 16.9. The Morgan fingerprint density at radius 3 is 2.57 bits per heavy atom. The maximum absolute atomic E-state index is 12.9. The number of hydrogen-bond acceptors (Lipinski definition) is 6. The number of ether oxygens (including phenoxy) is 1. The zero-order chi connectivity index (χ0) is 19.5. The molecule has 7 nitrogen and oxygen atoms in total. The second-order valence-corrected chi connectivity index (χ2v) is 7.23. The van der Waals surface area contributed by atoms with Crippen LogP contribution in [0.2, 0.25) is 0 Å². The van der Waals surface area contributed by atoms with E-state index in [2.05, 4.69) is 31.0 Å². The molecule has 1 aliphatic heterocycles. The first-order valence-corrected chi connectivity index (χ1v) is 9.70. The first-order chi connectivity index (χ1) is 13.7. The minimum absolute atomic E-state index is 0.00956. The van der Waals surface area contributed by atoms with E-state index in [1.54, 1.807) is 19.4 Å². The number of nitrogens with zero attached hydrogens (tertiary/aromatic N) is 4. The minimum Gasteiger partial charge on any atom is -0.497 e. The summed E-state index contributed by atoms with van der Waals surface area (Å²) >= 11 is 3.46. The van der Waals surface area contributed by atoms with E-state index >= 15 is 0 Å². The van der Waals surface area contributed by atoms with Gasteiger partial charge in [0.1, 0.15) is 11.4 Å². The van der Waals surface area contributed by atoms with E-state index in [1.165, 1.54) is 0 Å². The summed E-state index contributed by atoms with van der Waals surface area (Å²) in [6, 6.07) is 12.9.